The number of aryl methyl sites for hydroxylation is 1. The number of carbonyl (C=O) groups is 1. The molecule has 1 saturated heterocycles. The highest BCUT2D eigenvalue weighted by Crippen LogP contribution is 2.47. The van der Waals surface area contributed by atoms with Crippen molar-refractivity contribution in [2.75, 3.05) is 29.9 Å². The van der Waals surface area contributed by atoms with E-state index in [1.165, 1.54) is 34.7 Å². The van der Waals surface area contributed by atoms with Gasteiger partial charge in [-0.3, -0.25) is 19.1 Å². The third kappa shape index (κ3) is 3.99. The largest absolute Gasteiger partial charge is 0.507 e. The van der Waals surface area contributed by atoms with Crippen molar-refractivity contribution in [3.63, 3.8) is 0 Å². The van der Waals surface area contributed by atoms with Crippen molar-refractivity contribution < 1.29 is 18.7 Å². The molecule has 11 heteroatoms. The zero-order valence-corrected chi connectivity index (χ0v) is 24.6. The Hall–Kier alpha value is -4.02. The number of rotatable bonds is 3. The summed E-state index contributed by atoms with van der Waals surface area (Å²) in [6.07, 6.45) is 1.62. The lowest BCUT2D eigenvalue weighted by molar-refractivity contribution is -0.120. The van der Waals surface area contributed by atoms with Crippen LogP contribution in [0.5, 0.6) is 5.75 Å². The van der Waals surface area contributed by atoms with Crippen LogP contribution in [0.15, 0.2) is 41.3 Å². The number of piperazine rings is 1. The average Bonchev–Trinajstić information content (AvgIpc) is 2.93. The number of likely N-dealkylation sites (N-methyl/N-ethyl adjacent to an activating group) is 1. The van der Waals surface area contributed by atoms with Gasteiger partial charge in [0.25, 0.3) is 11.5 Å². The van der Waals surface area contributed by atoms with Crippen molar-refractivity contribution in [3.8, 4) is 22.6 Å². The number of hydrogen-bond donors (Lipinski definition) is 2. The third-order valence-corrected chi connectivity index (χ3v) is 8.51. The number of anilines is 2. The van der Waals surface area contributed by atoms with Crippen molar-refractivity contribution in [1.82, 2.24) is 14.9 Å². The quantitative estimate of drug-likeness (QED) is 0.337. The normalized spacial score (nSPS) is 18.5. The Morgan fingerprint density at radius 3 is 2.55 bits per heavy atom. The molecule has 2 aromatic heterocycles. The molecule has 2 N–H and O–H groups in total. The first-order valence-electron chi connectivity index (χ1n) is 13.8. The number of nitrogens with zero attached hydrogens (tertiary/aromatic N) is 4. The Labute approximate surface area is 246 Å². The van der Waals surface area contributed by atoms with Crippen LogP contribution < -0.4 is 20.7 Å². The van der Waals surface area contributed by atoms with Crippen LogP contribution in [-0.4, -0.2) is 52.8 Å². The summed E-state index contributed by atoms with van der Waals surface area (Å²) in [7, 11) is 1.54. The lowest BCUT2D eigenvalue weighted by atomic mass is 9.95. The second-order valence-corrected chi connectivity index (χ2v) is 11.7. The van der Waals surface area contributed by atoms with E-state index in [0.717, 1.165) is 6.07 Å². The predicted molar refractivity (Wildman–Crippen MR) is 160 cm³/mol. The van der Waals surface area contributed by atoms with Gasteiger partial charge in [0.1, 0.15) is 23.3 Å². The number of aromatic hydroxyl groups is 1. The molecule has 1 amide bonds. The Balaban J connectivity index is 1.86. The van der Waals surface area contributed by atoms with Crippen molar-refractivity contribution in [1.29, 1.82) is 0 Å². The Kier molecular flexibility index (Phi) is 6.74. The van der Waals surface area contributed by atoms with Crippen LogP contribution in [0.2, 0.25) is 5.02 Å². The molecule has 4 aromatic rings. The maximum Gasteiger partial charge on any atom is 0.281 e. The van der Waals surface area contributed by atoms with E-state index in [0.29, 0.717) is 35.7 Å². The Morgan fingerprint density at radius 2 is 1.86 bits per heavy atom. The SMILES string of the molecule is Cc1ccnc(C(C)C)c1-n1c(=O)c2c(c3cc(Cl)c(-c4c(O)cccc4F)c(F)c31)N1C[C@@H](C)NC[C@@H]1C(=O)N2C. The summed E-state index contributed by atoms with van der Waals surface area (Å²) in [4.78, 5) is 35.9. The molecule has 1 fully saturated rings. The number of pyridine rings is 2. The molecule has 0 saturated carbocycles. The van der Waals surface area contributed by atoms with Gasteiger partial charge in [0.15, 0.2) is 5.82 Å². The Bertz CT molecular complexity index is 1840. The van der Waals surface area contributed by atoms with Crippen LogP contribution in [0.4, 0.5) is 20.2 Å². The number of aromatic nitrogens is 2. The first-order chi connectivity index (χ1) is 19.9. The predicted octanol–water partition coefficient (Wildman–Crippen LogP) is 5.26. The highest BCUT2D eigenvalue weighted by molar-refractivity contribution is 6.35. The van der Waals surface area contributed by atoms with Crippen LogP contribution in [0.3, 0.4) is 0 Å². The van der Waals surface area contributed by atoms with Crippen LogP contribution in [0, 0.1) is 18.6 Å². The number of nitrogens with one attached hydrogen (secondary N) is 1. The summed E-state index contributed by atoms with van der Waals surface area (Å²) >= 11 is 6.72. The number of amides is 1. The molecule has 0 bridgehead atoms. The molecule has 2 aliphatic rings. The van der Waals surface area contributed by atoms with Gasteiger partial charge in [-0.2, -0.15) is 0 Å². The van der Waals surface area contributed by atoms with Crippen molar-refractivity contribution in [2.24, 2.45) is 0 Å². The highest BCUT2D eigenvalue weighted by Gasteiger charge is 2.43. The third-order valence-electron chi connectivity index (χ3n) is 8.21. The zero-order chi connectivity index (χ0) is 30.2. The molecule has 4 heterocycles. The summed E-state index contributed by atoms with van der Waals surface area (Å²) in [5.74, 6) is -2.76. The van der Waals surface area contributed by atoms with Gasteiger partial charge in [-0.25, -0.2) is 8.78 Å². The minimum Gasteiger partial charge on any atom is -0.507 e. The molecule has 8 nitrogen and oxygen atoms in total. The molecule has 0 unspecified atom stereocenters. The number of halogens is 3. The monoisotopic (exact) mass is 593 g/mol. The second kappa shape index (κ2) is 10.1. The topological polar surface area (TPSA) is 90.7 Å². The minimum absolute atomic E-state index is 0.0224. The van der Waals surface area contributed by atoms with Gasteiger partial charge in [0.2, 0.25) is 0 Å². The molecule has 2 aromatic carbocycles. The van der Waals surface area contributed by atoms with E-state index >= 15 is 8.78 Å². The number of carbonyl (C=O) groups excluding carboxylic acids is 1. The molecule has 0 aliphatic carbocycles. The van der Waals surface area contributed by atoms with Crippen molar-refractivity contribution >= 4 is 39.8 Å². The molecule has 0 spiro atoms. The van der Waals surface area contributed by atoms with Crippen LogP contribution in [0.25, 0.3) is 27.7 Å². The maximum absolute atomic E-state index is 17.2. The number of phenols is 1. The van der Waals surface area contributed by atoms with Gasteiger partial charge >= 0.3 is 0 Å². The van der Waals surface area contributed by atoms with E-state index in [4.69, 9.17) is 11.6 Å². The summed E-state index contributed by atoms with van der Waals surface area (Å²) in [6.45, 7) is 8.30. The summed E-state index contributed by atoms with van der Waals surface area (Å²) in [5, 5.41) is 14.0. The smallest absolute Gasteiger partial charge is 0.281 e. The number of benzene rings is 2. The fraction of sp³-hybridized carbons (Fsp3) is 0.323. The zero-order valence-electron chi connectivity index (χ0n) is 23.8. The second-order valence-electron chi connectivity index (χ2n) is 11.3. The van der Waals surface area contributed by atoms with Gasteiger partial charge < -0.3 is 20.2 Å². The van der Waals surface area contributed by atoms with Crippen LogP contribution in [0.1, 0.15) is 37.9 Å². The molecule has 218 valence electrons. The fourth-order valence-electron chi connectivity index (χ4n) is 6.24. The van der Waals surface area contributed by atoms with Crippen LogP contribution in [-0.2, 0) is 4.79 Å². The highest BCUT2D eigenvalue weighted by atomic mass is 35.5. The molecular formula is C31H30ClF2N5O3. The number of phenolic OH excluding ortho intramolecular Hbond substituents is 1. The summed E-state index contributed by atoms with van der Waals surface area (Å²) in [6, 6.07) is 6.22. The average molecular weight is 594 g/mol. The Morgan fingerprint density at radius 1 is 1.12 bits per heavy atom. The first-order valence-corrected chi connectivity index (χ1v) is 14.1. The van der Waals surface area contributed by atoms with E-state index in [2.05, 4.69) is 10.3 Å². The van der Waals surface area contributed by atoms with E-state index in [1.54, 1.807) is 19.2 Å². The van der Waals surface area contributed by atoms with E-state index < -0.39 is 34.5 Å². The van der Waals surface area contributed by atoms with E-state index in [9.17, 15) is 14.7 Å². The molecule has 2 atom stereocenters. The molecule has 0 radical (unpaired) electrons. The molecular weight excluding hydrogens is 564 g/mol. The van der Waals surface area contributed by atoms with Crippen molar-refractivity contribution in [3.05, 3.63) is 74.8 Å². The molecule has 42 heavy (non-hydrogen) atoms. The van der Waals surface area contributed by atoms with Gasteiger partial charge in [-0.1, -0.05) is 31.5 Å². The standard InChI is InChI=1S/C31H30ClF2N5O3/c1-14(2)25-26(15(3)9-10-35-25)39-27-17(11-18(32)22(24(27)34)23-19(33)7-6-8-21(23)40)28-29(31(39)42)37(5)30(41)20-12-36-16(4)13-38(20)28/h6-11,14,16,20,36,40H,12-13H2,1-5H3/t16-,20-/m1/s1. The minimum atomic E-state index is -0.977. The van der Waals surface area contributed by atoms with Crippen LogP contribution >= 0.6 is 11.6 Å². The number of fused-ring (bicyclic) bond motifs is 5. The van der Waals surface area contributed by atoms with Crippen molar-refractivity contribution in [2.45, 2.75) is 45.7 Å². The van der Waals surface area contributed by atoms with E-state index in [-0.39, 0.29) is 45.0 Å². The van der Waals surface area contributed by atoms with Gasteiger partial charge in [-0.15, -0.1) is 0 Å². The summed E-state index contributed by atoms with van der Waals surface area (Å²) < 4.78 is 33.5. The molecule has 2 aliphatic heterocycles. The summed E-state index contributed by atoms with van der Waals surface area (Å²) in [5.41, 5.74) is 0.482. The molecule has 6 rings (SSSR count). The lowest BCUT2D eigenvalue weighted by Crippen LogP contribution is -2.64. The first kappa shape index (κ1) is 28.1. The van der Waals surface area contributed by atoms with Gasteiger partial charge in [-0.05, 0) is 49.6 Å². The lowest BCUT2D eigenvalue weighted by Gasteiger charge is -2.46. The van der Waals surface area contributed by atoms with E-state index in [1.807, 2.05) is 25.7 Å². The van der Waals surface area contributed by atoms with Gasteiger partial charge in [0.05, 0.1) is 33.2 Å². The number of hydrogen-bond acceptors (Lipinski definition) is 6. The maximum atomic E-state index is 17.2. The fourth-order valence-corrected chi connectivity index (χ4v) is 6.52. The van der Waals surface area contributed by atoms with Gasteiger partial charge in [0, 0.05) is 43.3 Å².